The summed E-state index contributed by atoms with van der Waals surface area (Å²) in [5.74, 6) is 0. The summed E-state index contributed by atoms with van der Waals surface area (Å²) in [5, 5.41) is 0. The minimum atomic E-state index is 0.148. The normalized spacial score (nSPS) is 26.4. The van der Waals surface area contributed by atoms with E-state index in [1.54, 1.807) is 0 Å². The average molecular weight is 275 g/mol. The lowest BCUT2D eigenvalue weighted by molar-refractivity contribution is -0.0453. The average Bonchev–Trinajstić information content (AvgIpc) is 2.87. The monoisotopic (exact) mass is 275 g/mol. The second-order valence-electron chi connectivity index (χ2n) is 6.41. The molecule has 1 atom stereocenters. The van der Waals surface area contributed by atoms with E-state index in [1.165, 1.54) is 12.1 Å². The van der Waals surface area contributed by atoms with Crippen LogP contribution in [0.3, 0.4) is 0 Å². The van der Waals surface area contributed by atoms with E-state index in [1.807, 2.05) is 12.3 Å². The van der Waals surface area contributed by atoms with Crippen molar-refractivity contribution in [2.45, 2.75) is 37.5 Å². The lowest BCUT2D eigenvalue weighted by Gasteiger charge is -2.38. The van der Waals surface area contributed by atoms with Crippen molar-refractivity contribution in [1.82, 2.24) is 14.8 Å². The second kappa shape index (κ2) is 5.80. The third kappa shape index (κ3) is 3.03. The van der Waals surface area contributed by atoms with E-state index < -0.39 is 0 Å². The van der Waals surface area contributed by atoms with Crippen LogP contribution in [-0.4, -0.2) is 60.2 Å². The van der Waals surface area contributed by atoms with Crippen LogP contribution in [0.4, 0.5) is 0 Å². The van der Waals surface area contributed by atoms with Crippen molar-refractivity contribution in [2.75, 3.05) is 33.8 Å². The molecule has 0 bridgehead atoms. The first kappa shape index (κ1) is 14.0. The maximum atomic E-state index is 6.17. The third-order valence-corrected chi connectivity index (χ3v) is 4.80. The van der Waals surface area contributed by atoms with Crippen LogP contribution in [-0.2, 0) is 11.3 Å². The highest BCUT2D eigenvalue weighted by Crippen LogP contribution is 2.37. The molecule has 4 heteroatoms. The van der Waals surface area contributed by atoms with E-state index in [0.29, 0.717) is 6.04 Å². The molecule has 1 aromatic rings. The molecule has 1 aromatic heterocycles. The summed E-state index contributed by atoms with van der Waals surface area (Å²) < 4.78 is 6.17. The topological polar surface area (TPSA) is 28.6 Å². The van der Waals surface area contributed by atoms with Crippen LogP contribution in [0, 0.1) is 0 Å². The molecule has 0 saturated carbocycles. The predicted molar refractivity (Wildman–Crippen MR) is 79.5 cm³/mol. The summed E-state index contributed by atoms with van der Waals surface area (Å²) in [4.78, 5) is 9.22. The summed E-state index contributed by atoms with van der Waals surface area (Å²) >= 11 is 0. The van der Waals surface area contributed by atoms with Crippen LogP contribution >= 0.6 is 0 Å². The maximum absolute atomic E-state index is 6.17. The maximum Gasteiger partial charge on any atom is 0.0723 e. The van der Waals surface area contributed by atoms with E-state index in [9.17, 15) is 0 Å². The number of hydrogen-bond acceptors (Lipinski definition) is 4. The Morgan fingerprint density at radius 1 is 1.35 bits per heavy atom. The molecular formula is C16H25N3O. The summed E-state index contributed by atoms with van der Waals surface area (Å²) in [5.41, 5.74) is 1.32. The zero-order valence-corrected chi connectivity index (χ0v) is 12.6. The number of ether oxygens (including phenoxy) is 1. The van der Waals surface area contributed by atoms with E-state index in [2.05, 4.69) is 41.0 Å². The molecule has 0 radical (unpaired) electrons. The Kier molecular flexibility index (Phi) is 4.06. The third-order valence-electron chi connectivity index (χ3n) is 4.80. The molecule has 1 unspecified atom stereocenters. The molecule has 0 amide bonds. The van der Waals surface area contributed by atoms with Crippen LogP contribution in [0.5, 0.6) is 0 Å². The van der Waals surface area contributed by atoms with Crippen LogP contribution in [0.15, 0.2) is 24.4 Å². The van der Waals surface area contributed by atoms with Crippen molar-refractivity contribution >= 4 is 0 Å². The molecule has 0 N–H and O–H groups in total. The molecule has 3 rings (SSSR count). The van der Waals surface area contributed by atoms with Crippen molar-refractivity contribution in [3.8, 4) is 0 Å². The number of likely N-dealkylation sites (tertiary alicyclic amines) is 1. The van der Waals surface area contributed by atoms with Gasteiger partial charge in [0.05, 0.1) is 17.9 Å². The standard InChI is InChI=1S/C16H25N3O/c1-18(2)15-11-16(20-13-15)6-9-19(10-7-16)12-14-5-3-4-8-17-14/h3-5,8,15H,6-7,9-13H2,1-2H3. The first-order valence-corrected chi connectivity index (χ1v) is 7.60. The lowest BCUT2D eigenvalue weighted by Crippen LogP contribution is -2.44. The fourth-order valence-corrected chi connectivity index (χ4v) is 3.34. The van der Waals surface area contributed by atoms with Gasteiger partial charge in [-0.1, -0.05) is 6.07 Å². The predicted octanol–water partition coefficient (Wildman–Crippen LogP) is 1.77. The van der Waals surface area contributed by atoms with Gasteiger partial charge in [-0.05, 0) is 45.5 Å². The fraction of sp³-hybridized carbons (Fsp3) is 0.688. The minimum Gasteiger partial charge on any atom is -0.373 e. The zero-order valence-electron chi connectivity index (χ0n) is 12.6. The van der Waals surface area contributed by atoms with Gasteiger partial charge in [0.1, 0.15) is 0 Å². The molecule has 2 aliphatic rings. The highest BCUT2D eigenvalue weighted by Gasteiger charge is 2.43. The molecule has 1 spiro atoms. The van der Waals surface area contributed by atoms with E-state index in [0.717, 1.165) is 39.1 Å². The summed E-state index contributed by atoms with van der Waals surface area (Å²) in [6.45, 7) is 4.11. The molecule has 3 heterocycles. The van der Waals surface area contributed by atoms with Crippen LogP contribution in [0.2, 0.25) is 0 Å². The first-order chi connectivity index (χ1) is 9.67. The Morgan fingerprint density at radius 3 is 2.75 bits per heavy atom. The van der Waals surface area contributed by atoms with Crippen molar-refractivity contribution in [3.63, 3.8) is 0 Å². The van der Waals surface area contributed by atoms with Gasteiger partial charge in [-0.3, -0.25) is 9.88 Å². The van der Waals surface area contributed by atoms with E-state index in [4.69, 9.17) is 4.74 Å². The Hall–Kier alpha value is -0.970. The summed E-state index contributed by atoms with van der Waals surface area (Å²) in [6, 6.07) is 6.74. The van der Waals surface area contributed by atoms with Gasteiger partial charge in [-0.15, -0.1) is 0 Å². The van der Waals surface area contributed by atoms with Gasteiger partial charge in [0.2, 0.25) is 0 Å². The van der Waals surface area contributed by atoms with Crippen molar-refractivity contribution < 1.29 is 4.74 Å². The molecule has 2 fully saturated rings. The van der Waals surface area contributed by atoms with Crippen LogP contribution in [0.25, 0.3) is 0 Å². The Bertz CT molecular complexity index is 427. The number of rotatable bonds is 3. The van der Waals surface area contributed by atoms with E-state index in [-0.39, 0.29) is 5.60 Å². The first-order valence-electron chi connectivity index (χ1n) is 7.60. The molecule has 20 heavy (non-hydrogen) atoms. The van der Waals surface area contributed by atoms with Crippen molar-refractivity contribution in [3.05, 3.63) is 30.1 Å². The van der Waals surface area contributed by atoms with Crippen molar-refractivity contribution in [2.24, 2.45) is 0 Å². The number of likely N-dealkylation sites (N-methyl/N-ethyl adjacent to an activating group) is 1. The molecule has 4 nitrogen and oxygen atoms in total. The van der Waals surface area contributed by atoms with Gasteiger partial charge in [0.15, 0.2) is 0 Å². The lowest BCUT2D eigenvalue weighted by atomic mass is 9.87. The van der Waals surface area contributed by atoms with Crippen LogP contribution < -0.4 is 0 Å². The smallest absolute Gasteiger partial charge is 0.0723 e. The highest BCUT2D eigenvalue weighted by atomic mass is 16.5. The van der Waals surface area contributed by atoms with Gasteiger partial charge in [-0.25, -0.2) is 0 Å². The Labute approximate surface area is 121 Å². The minimum absolute atomic E-state index is 0.148. The Morgan fingerprint density at radius 2 is 2.15 bits per heavy atom. The van der Waals surface area contributed by atoms with Gasteiger partial charge >= 0.3 is 0 Å². The Balaban J connectivity index is 1.53. The molecular weight excluding hydrogens is 250 g/mol. The summed E-state index contributed by atoms with van der Waals surface area (Å²) in [6.07, 6.45) is 5.38. The molecule has 2 saturated heterocycles. The summed E-state index contributed by atoms with van der Waals surface area (Å²) in [7, 11) is 4.31. The number of aromatic nitrogens is 1. The van der Waals surface area contributed by atoms with Crippen molar-refractivity contribution in [1.29, 1.82) is 0 Å². The fourth-order valence-electron chi connectivity index (χ4n) is 3.34. The molecule has 2 aliphatic heterocycles. The van der Waals surface area contributed by atoms with Crippen LogP contribution in [0.1, 0.15) is 25.0 Å². The van der Waals surface area contributed by atoms with E-state index >= 15 is 0 Å². The number of piperidine rings is 1. The van der Waals surface area contributed by atoms with Gasteiger partial charge in [-0.2, -0.15) is 0 Å². The number of pyridine rings is 1. The molecule has 110 valence electrons. The molecule has 0 aromatic carbocycles. The van der Waals surface area contributed by atoms with Gasteiger partial charge in [0.25, 0.3) is 0 Å². The number of nitrogens with zero attached hydrogens (tertiary/aromatic N) is 3. The second-order valence-corrected chi connectivity index (χ2v) is 6.41. The largest absolute Gasteiger partial charge is 0.373 e. The van der Waals surface area contributed by atoms with Gasteiger partial charge < -0.3 is 9.64 Å². The highest BCUT2D eigenvalue weighted by molar-refractivity contribution is 5.04. The quantitative estimate of drug-likeness (QED) is 0.840. The zero-order chi connectivity index (χ0) is 14.0. The number of hydrogen-bond donors (Lipinski definition) is 0. The molecule has 0 aliphatic carbocycles. The van der Waals surface area contributed by atoms with Gasteiger partial charge in [0, 0.05) is 31.9 Å². The SMILES string of the molecule is CN(C)C1COC2(CCN(Cc3ccccn3)CC2)C1.